The van der Waals surface area contributed by atoms with Crippen molar-refractivity contribution in [1.82, 2.24) is 4.90 Å². The average Bonchev–Trinajstić information content (AvgIpc) is 2.65. The van der Waals surface area contributed by atoms with E-state index in [1.54, 1.807) is 11.3 Å². The van der Waals surface area contributed by atoms with Gasteiger partial charge in [0.1, 0.15) is 0 Å². The number of amides is 1. The Morgan fingerprint density at radius 2 is 2.50 bits per heavy atom. The highest BCUT2D eigenvalue weighted by molar-refractivity contribution is 7.09. The molecular formula is C9H10NOS. The van der Waals surface area contributed by atoms with Crippen LogP contribution in [0.4, 0.5) is 0 Å². The van der Waals surface area contributed by atoms with Gasteiger partial charge < -0.3 is 4.90 Å². The fourth-order valence-electron chi connectivity index (χ4n) is 1.31. The lowest BCUT2D eigenvalue weighted by molar-refractivity contribution is -0.127. The number of likely N-dealkylation sites (tertiary alicyclic amines) is 1. The molecule has 3 heteroatoms. The lowest BCUT2D eigenvalue weighted by Gasteiger charge is -2.12. The second-order valence-corrected chi connectivity index (χ2v) is 3.85. The van der Waals surface area contributed by atoms with Crippen LogP contribution in [0.5, 0.6) is 0 Å². The Balaban J connectivity index is 1.99. The number of nitrogens with zero attached hydrogens (tertiary/aromatic N) is 1. The minimum Gasteiger partial charge on any atom is -0.332 e. The summed E-state index contributed by atoms with van der Waals surface area (Å²) in [7, 11) is 0. The van der Waals surface area contributed by atoms with E-state index >= 15 is 0 Å². The topological polar surface area (TPSA) is 20.3 Å². The molecule has 1 aliphatic rings. The lowest BCUT2D eigenvalue weighted by atomic mass is 10.4. The molecule has 1 aromatic rings. The Morgan fingerprint density at radius 1 is 1.58 bits per heavy atom. The molecular weight excluding hydrogens is 170 g/mol. The molecule has 0 spiro atoms. The molecule has 12 heavy (non-hydrogen) atoms. The third kappa shape index (κ3) is 1.50. The number of hydrogen-bond acceptors (Lipinski definition) is 2. The summed E-state index contributed by atoms with van der Waals surface area (Å²) in [5, 5.41) is 2.04. The van der Waals surface area contributed by atoms with E-state index in [4.69, 9.17) is 0 Å². The molecule has 1 radical (unpaired) electrons. The highest BCUT2D eigenvalue weighted by atomic mass is 32.1. The first-order valence-corrected chi connectivity index (χ1v) is 4.89. The largest absolute Gasteiger partial charge is 0.332 e. The summed E-state index contributed by atoms with van der Waals surface area (Å²) < 4.78 is 0. The summed E-state index contributed by atoms with van der Waals surface area (Å²) in [4.78, 5) is 14.3. The van der Waals surface area contributed by atoms with Crippen LogP contribution in [0.25, 0.3) is 0 Å². The predicted octanol–water partition coefficient (Wildman–Crippen LogP) is 2.03. The third-order valence-corrected chi connectivity index (χ3v) is 2.80. The van der Waals surface area contributed by atoms with Crippen LogP contribution in [0.3, 0.4) is 0 Å². The molecule has 63 valence electrons. The van der Waals surface area contributed by atoms with E-state index in [1.807, 2.05) is 22.9 Å². The van der Waals surface area contributed by atoms with Gasteiger partial charge in [0.25, 0.3) is 0 Å². The summed E-state index contributed by atoms with van der Waals surface area (Å²) in [6, 6.07) is 4.07. The van der Waals surface area contributed by atoms with Gasteiger partial charge in [0, 0.05) is 11.3 Å². The van der Waals surface area contributed by atoms with Gasteiger partial charge in [-0.1, -0.05) is 6.07 Å². The maximum Gasteiger partial charge on any atom is 0.223 e. The van der Waals surface area contributed by atoms with Gasteiger partial charge in [-0.25, -0.2) is 0 Å². The molecule has 0 unspecified atom stereocenters. The van der Waals surface area contributed by atoms with E-state index in [0.717, 1.165) is 13.0 Å². The molecule has 1 aromatic heterocycles. The molecule has 1 fully saturated rings. The van der Waals surface area contributed by atoms with Crippen molar-refractivity contribution in [3.8, 4) is 0 Å². The number of rotatable bonds is 2. The van der Waals surface area contributed by atoms with Crippen molar-refractivity contribution in [2.75, 3.05) is 0 Å². The Bertz CT molecular complexity index is 268. The first kappa shape index (κ1) is 7.80. The van der Waals surface area contributed by atoms with E-state index in [9.17, 15) is 4.79 Å². The van der Waals surface area contributed by atoms with Crippen molar-refractivity contribution in [3.63, 3.8) is 0 Å². The second-order valence-electron chi connectivity index (χ2n) is 2.82. The van der Waals surface area contributed by atoms with E-state index in [2.05, 4.69) is 6.07 Å². The molecule has 1 amide bonds. The highest BCUT2D eigenvalue weighted by Gasteiger charge is 2.20. The predicted molar refractivity (Wildman–Crippen MR) is 48.4 cm³/mol. The van der Waals surface area contributed by atoms with Crippen molar-refractivity contribution in [3.05, 3.63) is 28.9 Å². The summed E-state index contributed by atoms with van der Waals surface area (Å²) in [5.74, 6) is 0.253. The number of carbonyl (C=O) groups is 1. The standard InChI is InChI=1S/C9H10NOS/c11-9-4-1-5-10(9)7-8-3-2-6-12-8/h2-3,5-6H,1,4,7H2. The maximum atomic E-state index is 11.2. The van der Waals surface area contributed by atoms with E-state index < -0.39 is 0 Å². The first-order chi connectivity index (χ1) is 5.86. The van der Waals surface area contributed by atoms with Gasteiger partial charge in [0.05, 0.1) is 13.1 Å². The second kappa shape index (κ2) is 3.27. The summed E-state index contributed by atoms with van der Waals surface area (Å²) >= 11 is 1.70. The first-order valence-electron chi connectivity index (χ1n) is 4.01. The third-order valence-electron chi connectivity index (χ3n) is 1.93. The van der Waals surface area contributed by atoms with Gasteiger partial charge in [0.2, 0.25) is 5.91 Å². The van der Waals surface area contributed by atoms with Crippen LogP contribution >= 0.6 is 11.3 Å². The Kier molecular flexibility index (Phi) is 2.13. The molecule has 2 rings (SSSR count). The smallest absolute Gasteiger partial charge is 0.223 e. The summed E-state index contributed by atoms with van der Waals surface area (Å²) in [6.07, 6.45) is 1.59. The SMILES string of the molecule is O=C1CC[CH]N1Cc1cccs1. The van der Waals surface area contributed by atoms with Gasteiger partial charge in [-0.05, 0) is 17.9 Å². The van der Waals surface area contributed by atoms with Crippen molar-refractivity contribution >= 4 is 17.2 Å². The molecule has 0 N–H and O–H groups in total. The van der Waals surface area contributed by atoms with Gasteiger partial charge in [0.15, 0.2) is 0 Å². The fraction of sp³-hybridized carbons (Fsp3) is 0.333. The summed E-state index contributed by atoms with van der Waals surface area (Å²) in [5.41, 5.74) is 0. The van der Waals surface area contributed by atoms with E-state index in [-0.39, 0.29) is 5.91 Å². The monoisotopic (exact) mass is 180 g/mol. The zero-order chi connectivity index (χ0) is 8.39. The molecule has 0 saturated carbocycles. The zero-order valence-corrected chi connectivity index (χ0v) is 7.51. The zero-order valence-electron chi connectivity index (χ0n) is 6.69. The van der Waals surface area contributed by atoms with Crippen LogP contribution in [0.15, 0.2) is 17.5 Å². The van der Waals surface area contributed by atoms with Crippen molar-refractivity contribution in [2.45, 2.75) is 19.4 Å². The van der Waals surface area contributed by atoms with Crippen LogP contribution in [0.1, 0.15) is 17.7 Å². The fourth-order valence-corrected chi connectivity index (χ4v) is 2.02. The Hall–Kier alpha value is -0.830. The number of hydrogen-bond donors (Lipinski definition) is 0. The van der Waals surface area contributed by atoms with Crippen molar-refractivity contribution in [1.29, 1.82) is 0 Å². The normalized spacial score (nSPS) is 17.3. The Labute approximate surface area is 75.8 Å². The van der Waals surface area contributed by atoms with Crippen molar-refractivity contribution < 1.29 is 4.79 Å². The molecule has 0 aliphatic carbocycles. The molecule has 0 atom stereocenters. The van der Waals surface area contributed by atoms with Gasteiger partial charge in [-0.15, -0.1) is 11.3 Å². The van der Waals surface area contributed by atoms with Crippen LogP contribution in [-0.2, 0) is 11.3 Å². The van der Waals surface area contributed by atoms with Crippen molar-refractivity contribution in [2.24, 2.45) is 0 Å². The molecule has 2 nitrogen and oxygen atoms in total. The van der Waals surface area contributed by atoms with Gasteiger partial charge in [-0.2, -0.15) is 0 Å². The van der Waals surface area contributed by atoms with E-state index in [0.29, 0.717) is 6.42 Å². The molecule has 0 bridgehead atoms. The Morgan fingerprint density at radius 3 is 3.08 bits per heavy atom. The molecule has 1 aliphatic heterocycles. The van der Waals surface area contributed by atoms with Crippen LogP contribution < -0.4 is 0 Å². The minimum absolute atomic E-state index is 0.253. The van der Waals surface area contributed by atoms with E-state index in [1.165, 1.54) is 4.88 Å². The highest BCUT2D eigenvalue weighted by Crippen LogP contribution is 2.19. The molecule has 2 heterocycles. The number of thiophene rings is 1. The van der Waals surface area contributed by atoms with Crippen LogP contribution in [0.2, 0.25) is 0 Å². The lowest BCUT2D eigenvalue weighted by Crippen LogP contribution is -2.20. The van der Waals surface area contributed by atoms with Crippen LogP contribution in [-0.4, -0.2) is 10.8 Å². The summed E-state index contributed by atoms with van der Waals surface area (Å²) in [6.45, 7) is 2.75. The maximum absolute atomic E-state index is 11.2. The van der Waals surface area contributed by atoms with Crippen LogP contribution in [0, 0.1) is 6.54 Å². The van der Waals surface area contributed by atoms with Gasteiger partial charge >= 0.3 is 0 Å². The van der Waals surface area contributed by atoms with Gasteiger partial charge in [-0.3, -0.25) is 4.79 Å². The number of carbonyl (C=O) groups excluding carboxylic acids is 1. The average molecular weight is 180 g/mol. The molecule has 0 aromatic carbocycles. The minimum atomic E-state index is 0.253. The molecule has 1 saturated heterocycles. The quantitative estimate of drug-likeness (QED) is 0.682.